The summed E-state index contributed by atoms with van der Waals surface area (Å²) in [6.07, 6.45) is 2.39. The normalized spacial score (nSPS) is 12.0. The highest BCUT2D eigenvalue weighted by Gasteiger charge is 2.17. The molecule has 0 unspecified atom stereocenters. The van der Waals surface area contributed by atoms with Crippen molar-refractivity contribution < 1.29 is 4.79 Å². The molecular weight excluding hydrogens is 314 g/mol. The van der Waals surface area contributed by atoms with Gasteiger partial charge < -0.3 is 16.0 Å². The van der Waals surface area contributed by atoms with Gasteiger partial charge in [0.05, 0.1) is 11.7 Å². The first kappa shape index (κ1) is 17.1. The lowest BCUT2D eigenvalue weighted by atomic mass is 10.1. The number of aromatic nitrogens is 3. The average Bonchev–Trinajstić information content (AvgIpc) is 3.03. The molecule has 1 amide bonds. The molecule has 0 aliphatic carbocycles. The molecule has 23 heavy (non-hydrogen) atoms. The Kier molecular flexibility index (Phi) is 5.08. The van der Waals surface area contributed by atoms with Gasteiger partial charge in [-0.3, -0.25) is 9.48 Å². The molecule has 3 aromatic rings. The molecule has 0 fully saturated rings. The predicted molar refractivity (Wildman–Crippen MR) is 93.8 cm³/mol. The van der Waals surface area contributed by atoms with E-state index in [0.29, 0.717) is 12.2 Å². The number of amides is 1. The first-order valence-corrected chi connectivity index (χ1v) is 7.16. The number of anilines is 1. The molecule has 7 heteroatoms. The van der Waals surface area contributed by atoms with E-state index >= 15 is 0 Å². The van der Waals surface area contributed by atoms with Crippen LogP contribution in [0.5, 0.6) is 0 Å². The Balaban J connectivity index is 0.00000192. The molecule has 0 saturated carbocycles. The molecule has 0 radical (unpaired) electrons. The number of nitrogens with zero attached hydrogens (tertiary/aromatic N) is 2. The SMILES string of the molecule is Cc1cc(NC(=O)[C@@H](N)Cc2c[nH]c3ccccc23)n(C)n1.Cl. The molecule has 2 aromatic heterocycles. The van der Waals surface area contributed by atoms with Crippen LogP contribution in [0.2, 0.25) is 0 Å². The Bertz CT molecular complexity index is 823. The maximum atomic E-state index is 12.2. The summed E-state index contributed by atoms with van der Waals surface area (Å²) < 4.78 is 1.63. The van der Waals surface area contributed by atoms with Crippen LogP contribution < -0.4 is 11.1 Å². The Labute approximate surface area is 140 Å². The molecule has 1 atom stereocenters. The third-order valence-electron chi connectivity index (χ3n) is 3.70. The highest BCUT2D eigenvalue weighted by atomic mass is 35.5. The van der Waals surface area contributed by atoms with E-state index in [-0.39, 0.29) is 18.3 Å². The van der Waals surface area contributed by atoms with E-state index in [9.17, 15) is 4.79 Å². The van der Waals surface area contributed by atoms with Crippen LogP contribution in [0.1, 0.15) is 11.3 Å². The van der Waals surface area contributed by atoms with Gasteiger partial charge in [0.1, 0.15) is 5.82 Å². The van der Waals surface area contributed by atoms with E-state index in [0.717, 1.165) is 22.2 Å². The van der Waals surface area contributed by atoms with Crippen LogP contribution in [0, 0.1) is 6.92 Å². The Morgan fingerprint density at radius 3 is 2.87 bits per heavy atom. The first-order valence-electron chi connectivity index (χ1n) is 7.16. The van der Waals surface area contributed by atoms with Crippen LogP contribution in [0.25, 0.3) is 10.9 Å². The van der Waals surface area contributed by atoms with Gasteiger partial charge in [-0.1, -0.05) is 18.2 Å². The highest BCUT2D eigenvalue weighted by Crippen LogP contribution is 2.19. The van der Waals surface area contributed by atoms with Crippen molar-refractivity contribution in [1.29, 1.82) is 0 Å². The zero-order valence-corrected chi connectivity index (χ0v) is 13.9. The van der Waals surface area contributed by atoms with Crippen LogP contribution in [0.15, 0.2) is 36.5 Å². The number of aromatic amines is 1. The fraction of sp³-hybridized carbons (Fsp3) is 0.250. The number of hydrogen-bond donors (Lipinski definition) is 3. The summed E-state index contributed by atoms with van der Waals surface area (Å²) in [7, 11) is 1.79. The summed E-state index contributed by atoms with van der Waals surface area (Å²) in [6, 6.07) is 9.17. The van der Waals surface area contributed by atoms with Gasteiger partial charge in [-0.25, -0.2) is 0 Å². The summed E-state index contributed by atoms with van der Waals surface area (Å²) >= 11 is 0. The molecule has 0 aliphatic rings. The van der Waals surface area contributed by atoms with Gasteiger partial charge in [-0.15, -0.1) is 12.4 Å². The van der Waals surface area contributed by atoms with Crippen LogP contribution in [-0.4, -0.2) is 26.7 Å². The number of rotatable bonds is 4. The van der Waals surface area contributed by atoms with Crippen molar-refractivity contribution in [1.82, 2.24) is 14.8 Å². The van der Waals surface area contributed by atoms with Crippen LogP contribution >= 0.6 is 12.4 Å². The van der Waals surface area contributed by atoms with Gasteiger partial charge in [-0.05, 0) is 25.0 Å². The molecule has 1 aromatic carbocycles. The average molecular weight is 334 g/mol. The number of aryl methyl sites for hydroxylation is 2. The Hall–Kier alpha value is -2.31. The lowest BCUT2D eigenvalue weighted by molar-refractivity contribution is -0.117. The molecular formula is C16H20ClN5O. The number of fused-ring (bicyclic) bond motifs is 1. The van der Waals surface area contributed by atoms with Crippen molar-refractivity contribution in [2.24, 2.45) is 12.8 Å². The van der Waals surface area contributed by atoms with E-state index in [4.69, 9.17) is 5.73 Å². The van der Waals surface area contributed by atoms with E-state index in [2.05, 4.69) is 15.4 Å². The third kappa shape index (κ3) is 3.55. The first-order chi connectivity index (χ1) is 10.5. The largest absolute Gasteiger partial charge is 0.361 e. The highest BCUT2D eigenvalue weighted by molar-refractivity contribution is 5.94. The number of halogens is 1. The van der Waals surface area contributed by atoms with Crippen molar-refractivity contribution in [2.45, 2.75) is 19.4 Å². The smallest absolute Gasteiger partial charge is 0.242 e. The molecule has 4 N–H and O–H groups in total. The van der Waals surface area contributed by atoms with E-state index in [1.807, 2.05) is 43.5 Å². The van der Waals surface area contributed by atoms with E-state index < -0.39 is 6.04 Å². The second kappa shape index (κ2) is 6.85. The molecule has 0 bridgehead atoms. The topological polar surface area (TPSA) is 88.7 Å². The van der Waals surface area contributed by atoms with Crippen LogP contribution in [0.4, 0.5) is 5.82 Å². The molecule has 122 valence electrons. The summed E-state index contributed by atoms with van der Waals surface area (Å²) in [6.45, 7) is 1.88. The molecule has 0 aliphatic heterocycles. The quantitative estimate of drug-likeness (QED) is 0.683. The lowest BCUT2D eigenvalue weighted by Gasteiger charge is -2.11. The minimum absolute atomic E-state index is 0. The Morgan fingerprint density at radius 1 is 1.43 bits per heavy atom. The Morgan fingerprint density at radius 2 is 2.17 bits per heavy atom. The van der Waals surface area contributed by atoms with Gasteiger partial charge in [0.2, 0.25) is 5.91 Å². The number of nitrogens with one attached hydrogen (secondary N) is 2. The van der Waals surface area contributed by atoms with Crippen LogP contribution in [-0.2, 0) is 18.3 Å². The van der Waals surface area contributed by atoms with Crippen molar-refractivity contribution in [3.63, 3.8) is 0 Å². The molecule has 6 nitrogen and oxygen atoms in total. The summed E-state index contributed by atoms with van der Waals surface area (Å²) in [5, 5.41) is 8.11. The minimum Gasteiger partial charge on any atom is -0.361 e. The predicted octanol–water partition coefficient (Wildman–Crippen LogP) is 2.14. The summed E-state index contributed by atoms with van der Waals surface area (Å²) in [4.78, 5) is 15.4. The maximum Gasteiger partial charge on any atom is 0.242 e. The number of nitrogens with two attached hydrogens (primary N) is 1. The van der Waals surface area contributed by atoms with Gasteiger partial charge in [0.25, 0.3) is 0 Å². The van der Waals surface area contributed by atoms with Crippen molar-refractivity contribution in [3.05, 3.63) is 47.8 Å². The van der Waals surface area contributed by atoms with Crippen molar-refractivity contribution in [2.75, 3.05) is 5.32 Å². The zero-order valence-electron chi connectivity index (χ0n) is 13.0. The fourth-order valence-electron chi connectivity index (χ4n) is 2.58. The van der Waals surface area contributed by atoms with E-state index in [1.54, 1.807) is 11.7 Å². The minimum atomic E-state index is -0.616. The lowest BCUT2D eigenvalue weighted by Crippen LogP contribution is -2.37. The number of para-hydroxylation sites is 1. The fourth-order valence-corrected chi connectivity index (χ4v) is 2.58. The number of hydrogen-bond acceptors (Lipinski definition) is 3. The number of carbonyl (C=O) groups is 1. The number of H-pyrrole nitrogens is 1. The third-order valence-corrected chi connectivity index (χ3v) is 3.70. The van der Waals surface area contributed by atoms with Crippen molar-refractivity contribution >= 4 is 35.0 Å². The monoisotopic (exact) mass is 333 g/mol. The zero-order chi connectivity index (χ0) is 15.7. The molecule has 2 heterocycles. The van der Waals surface area contributed by atoms with Gasteiger partial charge >= 0.3 is 0 Å². The van der Waals surface area contributed by atoms with E-state index in [1.165, 1.54) is 0 Å². The van der Waals surface area contributed by atoms with Crippen LogP contribution in [0.3, 0.4) is 0 Å². The summed E-state index contributed by atoms with van der Waals surface area (Å²) in [5.74, 6) is 0.435. The molecule has 0 saturated heterocycles. The second-order valence-corrected chi connectivity index (χ2v) is 5.45. The maximum absolute atomic E-state index is 12.2. The second-order valence-electron chi connectivity index (χ2n) is 5.45. The number of benzene rings is 1. The van der Waals surface area contributed by atoms with Gasteiger partial charge in [0.15, 0.2) is 0 Å². The number of carbonyl (C=O) groups excluding carboxylic acids is 1. The van der Waals surface area contributed by atoms with Crippen molar-refractivity contribution in [3.8, 4) is 0 Å². The molecule has 3 rings (SSSR count). The van der Waals surface area contributed by atoms with Gasteiger partial charge in [0, 0.05) is 30.2 Å². The standard InChI is InChI=1S/C16H19N5O.ClH/c1-10-7-15(21(2)20-10)19-16(22)13(17)8-11-9-18-14-6-4-3-5-12(11)14;/h3-7,9,13,18H,8,17H2,1-2H3,(H,19,22);1H/t13-;/m0./s1. The van der Waals surface area contributed by atoms with Gasteiger partial charge in [-0.2, -0.15) is 5.10 Å². The summed E-state index contributed by atoms with van der Waals surface area (Å²) in [5.41, 5.74) is 8.99. The molecule has 0 spiro atoms.